The van der Waals surface area contributed by atoms with E-state index in [2.05, 4.69) is 10.3 Å². The second-order valence-electron chi connectivity index (χ2n) is 10.5. The number of para-hydroxylation sites is 2. The first-order valence-electron chi connectivity index (χ1n) is 13.8. The maximum Gasteiger partial charge on any atom is 0.332 e. The van der Waals surface area contributed by atoms with E-state index in [9.17, 15) is 24.3 Å². The Morgan fingerprint density at radius 1 is 1.07 bits per heavy atom. The largest absolute Gasteiger partial charge is 0.497 e. The third-order valence-corrected chi connectivity index (χ3v) is 8.73. The Morgan fingerprint density at radius 2 is 1.79 bits per heavy atom. The number of H-pyrrole nitrogens is 1. The van der Waals surface area contributed by atoms with Crippen LogP contribution in [0, 0.1) is 0 Å². The van der Waals surface area contributed by atoms with Gasteiger partial charge in [-0.1, -0.05) is 42.5 Å². The van der Waals surface area contributed by atoms with Crippen LogP contribution in [0.2, 0.25) is 0 Å². The number of thioether (sulfide) groups is 1. The summed E-state index contributed by atoms with van der Waals surface area (Å²) in [6.45, 7) is 0. The number of carbonyl (C=O) groups excluding carboxylic acids is 3. The van der Waals surface area contributed by atoms with E-state index >= 15 is 0 Å². The van der Waals surface area contributed by atoms with Gasteiger partial charge in [0.15, 0.2) is 0 Å². The van der Waals surface area contributed by atoms with Crippen LogP contribution in [0.15, 0.2) is 72.8 Å². The van der Waals surface area contributed by atoms with E-state index in [1.54, 1.807) is 24.1 Å². The van der Waals surface area contributed by atoms with Crippen molar-refractivity contribution in [2.75, 3.05) is 24.0 Å². The number of aromatic amines is 1. The van der Waals surface area contributed by atoms with Gasteiger partial charge in [-0.15, -0.1) is 0 Å². The molecule has 0 bridgehead atoms. The molecule has 11 heteroatoms. The van der Waals surface area contributed by atoms with Crippen molar-refractivity contribution < 1.29 is 29.0 Å². The number of imide groups is 1. The number of benzene rings is 3. The zero-order valence-electron chi connectivity index (χ0n) is 23.6. The van der Waals surface area contributed by atoms with Crippen molar-refractivity contribution in [1.82, 2.24) is 15.2 Å². The fourth-order valence-electron chi connectivity index (χ4n) is 6.02. The highest BCUT2D eigenvalue weighted by Crippen LogP contribution is 2.45. The first-order chi connectivity index (χ1) is 20.8. The molecule has 0 unspecified atom stereocenters. The van der Waals surface area contributed by atoms with Gasteiger partial charge in [-0.05, 0) is 59.9 Å². The zero-order chi connectivity index (χ0) is 30.2. The van der Waals surface area contributed by atoms with Crippen molar-refractivity contribution in [2.45, 2.75) is 31.0 Å². The monoisotopic (exact) mass is 598 g/mol. The Bertz CT molecular complexity index is 1740. The smallest absolute Gasteiger partial charge is 0.332 e. The molecule has 1 fully saturated rings. The summed E-state index contributed by atoms with van der Waals surface area (Å²) in [6, 6.07) is 18.5. The highest BCUT2D eigenvalue weighted by Gasteiger charge is 2.53. The molecular formula is C32H30N4O6S. The number of urea groups is 1. The van der Waals surface area contributed by atoms with Crippen molar-refractivity contribution in [3.05, 3.63) is 95.2 Å². The lowest BCUT2D eigenvalue weighted by Gasteiger charge is -2.36. The molecule has 0 aliphatic carbocycles. The molecule has 3 atom stereocenters. The van der Waals surface area contributed by atoms with Crippen LogP contribution in [-0.2, 0) is 16.0 Å². The van der Waals surface area contributed by atoms with Crippen LogP contribution >= 0.6 is 11.8 Å². The van der Waals surface area contributed by atoms with Crippen molar-refractivity contribution in [1.29, 1.82) is 0 Å². The summed E-state index contributed by atoms with van der Waals surface area (Å²) in [5.74, 6) is -1.06. The third-order valence-electron chi connectivity index (χ3n) is 8.08. The van der Waals surface area contributed by atoms with Crippen LogP contribution in [0.5, 0.6) is 5.75 Å². The SMILES string of the molecule is COc1ccc([C@@H]2c3[nH]c4ccccc4c3C[C@H]3C(=O)N(c4ccccc4C(=O)N[C@@H](CCSC)C(=O)O)C(=O)N23)cc1. The highest BCUT2D eigenvalue weighted by atomic mass is 32.2. The Labute approximate surface area is 252 Å². The maximum absolute atomic E-state index is 14.3. The molecule has 6 rings (SSSR count). The standard InChI is InChI=1S/C32H30N4O6S/c1-42-19-13-11-18(12-14-19)28-27-22(20-7-3-5-9-23(20)33-27)17-26-30(38)36(32(41)35(26)28)25-10-6-4-8-21(25)29(37)34-24(31(39)40)15-16-43-2/h3-14,24,26,28,33H,15-17H2,1-2H3,(H,34,37)(H,39,40)/t24-,26-,28+/m0/s1. The predicted molar refractivity (Wildman–Crippen MR) is 164 cm³/mol. The average molecular weight is 599 g/mol. The molecule has 0 spiro atoms. The zero-order valence-corrected chi connectivity index (χ0v) is 24.4. The number of ether oxygens (including phenoxy) is 1. The molecule has 0 saturated carbocycles. The third kappa shape index (κ3) is 4.89. The quantitative estimate of drug-likeness (QED) is 0.240. The summed E-state index contributed by atoms with van der Waals surface area (Å²) in [7, 11) is 1.58. The minimum absolute atomic E-state index is 0.0458. The molecule has 3 heterocycles. The fraction of sp³-hybridized carbons (Fsp3) is 0.250. The number of aliphatic carboxylic acids is 1. The molecule has 0 radical (unpaired) electrons. The number of amides is 4. The first kappa shape index (κ1) is 28.4. The number of carboxylic acids is 1. The topological polar surface area (TPSA) is 132 Å². The summed E-state index contributed by atoms with van der Waals surface area (Å²) in [5.41, 5.74) is 3.66. The summed E-state index contributed by atoms with van der Waals surface area (Å²) in [5, 5.41) is 13.2. The van der Waals surface area contributed by atoms with E-state index in [-0.39, 0.29) is 17.7 Å². The number of aromatic nitrogens is 1. The molecular weight excluding hydrogens is 568 g/mol. The van der Waals surface area contributed by atoms with E-state index in [1.165, 1.54) is 23.9 Å². The predicted octanol–water partition coefficient (Wildman–Crippen LogP) is 4.60. The van der Waals surface area contributed by atoms with Crippen molar-refractivity contribution in [2.24, 2.45) is 0 Å². The van der Waals surface area contributed by atoms with Crippen LogP contribution in [-0.4, -0.2) is 70.0 Å². The van der Waals surface area contributed by atoms with Crippen LogP contribution < -0.4 is 15.0 Å². The van der Waals surface area contributed by atoms with Crippen molar-refractivity contribution >= 4 is 52.2 Å². The van der Waals surface area contributed by atoms with Gasteiger partial charge >= 0.3 is 12.0 Å². The minimum Gasteiger partial charge on any atom is -0.497 e. The van der Waals surface area contributed by atoms with E-state index in [4.69, 9.17) is 4.74 Å². The molecule has 4 amide bonds. The van der Waals surface area contributed by atoms with Gasteiger partial charge in [0.25, 0.3) is 11.8 Å². The Kier molecular flexibility index (Phi) is 7.57. The number of rotatable bonds is 9. The molecule has 220 valence electrons. The number of carbonyl (C=O) groups is 4. The number of carboxylic acid groups (broad SMARTS) is 1. The minimum atomic E-state index is -1.15. The van der Waals surface area contributed by atoms with Gasteiger partial charge in [0.2, 0.25) is 0 Å². The number of nitrogens with zero attached hydrogens (tertiary/aromatic N) is 2. The second-order valence-corrected chi connectivity index (χ2v) is 11.5. The number of hydrogen-bond acceptors (Lipinski definition) is 6. The normalized spacial score (nSPS) is 18.4. The average Bonchev–Trinajstić information content (AvgIpc) is 3.51. The van der Waals surface area contributed by atoms with Gasteiger partial charge < -0.3 is 20.1 Å². The van der Waals surface area contributed by atoms with Gasteiger partial charge in [0.05, 0.1) is 18.4 Å². The Morgan fingerprint density at radius 3 is 2.51 bits per heavy atom. The molecule has 10 nitrogen and oxygen atoms in total. The number of methoxy groups -OCH3 is 1. The molecule has 3 N–H and O–H groups in total. The van der Waals surface area contributed by atoms with Crippen molar-refractivity contribution in [3.8, 4) is 5.75 Å². The van der Waals surface area contributed by atoms with E-state index in [0.29, 0.717) is 17.9 Å². The summed E-state index contributed by atoms with van der Waals surface area (Å²) < 4.78 is 5.35. The van der Waals surface area contributed by atoms with Crippen molar-refractivity contribution in [3.63, 3.8) is 0 Å². The van der Waals surface area contributed by atoms with E-state index in [1.807, 2.05) is 54.8 Å². The molecule has 3 aromatic carbocycles. The number of anilines is 1. The lowest BCUT2D eigenvalue weighted by molar-refractivity contribution is -0.139. The van der Waals surface area contributed by atoms with Gasteiger partial charge in [-0.3, -0.25) is 14.5 Å². The number of nitrogens with one attached hydrogen (secondary N) is 2. The van der Waals surface area contributed by atoms with Gasteiger partial charge in [-0.2, -0.15) is 11.8 Å². The molecule has 43 heavy (non-hydrogen) atoms. The fourth-order valence-corrected chi connectivity index (χ4v) is 6.49. The number of hydrogen-bond donors (Lipinski definition) is 3. The van der Waals surface area contributed by atoms with E-state index in [0.717, 1.165) is 32.6 Å². The Hall–Kier alpha value is -4.77. The summed E-state index contributed by atoms with van der Waals surface area (Å²) in [6.07, 6.45) is 2.39. The summed E-state index contributed by atoms with van der Waals surface area (Å²) >= 11 is 1.47. The van der Waals surface area contributed by atoms with Gasteiger partial charge in [0, 0.05) is 23.0 Å². The van der Waals surface area contributed by atoms with Crippen LogP contribution in [0.4, 0.5) is 10.5 Å². The lowest BCUT2D eigenvalue weighted by Crippen LogP contribution is -2.44. The second kappa shape index (κ2) is 11.5. The van der Waals surface area contributed by atoms with E-state index < -0.39 is 41.9 Å². The van der Waals surface area contributed by atoms with Gasteiger partial charge in [-0.25, -0.2) is 14.5 Å². The molecule has 1 saturated heterocycles. The first-order valence-corrected chi connectivity index (χ1v) is 15.2. The molecule has 4 aromatic rings. The van der Waals surface area contributed by atoms with Crippen LogP contribution in [0.3, 0.4) is 0 Å². The summed E-state index contributed by atoms with van der Waals surface area (Å²) in [4.78, 5) is 59.8. The number of fused-ring (bicyclic) bond motifs is 4. The Balaban J connectivity index is 1.41. The maximum atomic E-state index is 14.3. The van der Waals surface area contributed by atoms with Crippen LogP contribution in [0.25, 0.3) is 10.9 Å². The molecule has 2 aliphatic rings. The van der Waals surface area contributed by atoms with Gasteiger partial charge in [0.1, 0.15) is 23.9 Å². The lowest BCUT2D eigenvalue weighted by atomic mass is 9.89. The van der Waals surface area contributed by atoms with Crippen LogP contribution in [0.1, 0.15) is 39.6 Å². The molecule has 2 aliphatic heterocycles. The highest BCUT2D eigenvalue weighted by molar-refractivity contribution is 7.98. The molecule has 1 aromatic heterocycles.